The Morgan fingerprint density at radius 3 is 2.63 bits per heavy atom. The van der Waals surface area contributed by atoms with Crippen LogP contribution in [-0.4, -0.2) is 85.7 Å². The molecule has 5 heteroatoms. The summed E-state index contributed by atoms with van der Waals surface area (Å²) < 4.78 is 5.66. The average molecular weight is 267 g/mol. The molecule has 0 aliphatic carbocycles. The number of fused-ring (bicyclic) bond motifs is 2. The van der Waals surface area contributed by atoms with Crippen LogP contribution in [0.25, 0.3) is 0 Å². The summed E-state index contributed by atoms with van der Waals surface area (Å²) in [6.07, 6.45) is 3.39. The molecule has 0 aromatic carbocycles. The van der Waals surface area contributed by atoms with E-state index in [9.17, 15) is 4.79 Å². The summed E-state index contributed by atoms with van der Waals surface area (Å²) in [7, 11) is 4.27. The summed E-state index contributed by atoms with van der Waals surface area (Å²) in [6.45, 7) is 4.12. The van der Waals surface area contributed by atoms with Crippen LogP contribution < -0.4 is 0 Å². The van der Waals surface area contributed by atoms with Gasteiger partial charge in [-0.15, -0.1) is 0 Å². The van der Waals surface area contributed by atoms with Crippen LogP contribution in [0.15, 0.2) is 0 Å². The van der Waals surface area contributed by atoms with Crippen LogP contribution in [0.5, 0.6) is 0 Å². The predicted molar refractivity (Wildman–Crippen MR) is 73.0 cm³/mol. The fourth-order valence-corrected chi connectivity index (χ4v) is 3.64. The van der Waals surface area contributed by atoms with E-state index in [1.807, 2.05) is 4.90 Å². The van der Waals surface area contributed by atoms with Gasteiger partial charge >= 0.3 is 0 Å². The molecule has 1 amide bonds. The molecule has 0 unspecified atom stereocenters. The van der Waals surface area contributed by atoms with Gasteiger partial charge in [0, 0.05) is 38.3 Å². The van der Waals surface area contributed by atoms with Crippen molar-refractivity contribution in [2.45, 2.75) is 37.5 Å². The minimum absolute atomic E-state index is 0.201. The summed E-state index contributed by atoms with van der Waals surface area (Å²) in [5, 5.41) is 0. The number of nitrogens with zero attached hydrogens (tertiary/aromatic N) is 3. The molecule has 0 spiro atoms. The standard InChI is InChI=1S/C14H25N3O2/c1-15-7-8-19-13(10-15)14(18)17-6-5-11-3-4-12(9-17)16(11)2/h11-13H,3-10H2,1-2H3/t11-,12+,13-/m1/s1. The summed E-state index contributed by atoms with van der Waals surface area (Å²) in [5.41, 5.74) is 0. The van der Waals surface area contributed by atoms with Crippen molar-refractivity contribution < 1.29 is 9.53 Å². The molecule has 108 valence electrons. The average Bonchev–Trinajstić information content (AvgIpc) is 2.62. The summed E-state index contributed by atoms with van der Waals surface area (Å²) in [4.78, 5) is 19.3. The second kappa shape index (κ2) is 5.38. The Labute approximate surface area is 115 Å². The summed E-state index contributed by atoms with van der Waals surface area (Å²) in [5.74, 6) is 0.201. The molecule has 2 bridgehead atoms. The molecule has 0 aromatic heterocycles. The normalized spacial score (nSPS) is 37.4. The number of ether oxygens (including phenoxy) is 1. The first-order chi connectivity index (χ1) is 9.15. The lowest BCUT2D eigenvalue weighted by molar-refractivity contribution is -0.149. The van der Waals surface area contributed by atoms with Crippen LogP contribution in [0.2, 0.25) is 0 Å². The van der Waals surface area contributed by atoms with Crippen molar-refractivity contribution in [3.8, 4) is 0 Å². The lowest BCUT2D eigenvalue weighted by atomic mass is 10.1. The van der Waals surface area contributed by atoms with Crippen LogP contribution in [-0.2, 0) is 9.53 Å². The van der Waals surface area contributed by atoms with E-state index in [1.54, 1.807) is 0 Å². The lowest BCUT2D eigenvalue weighted by Crippen LogP contribution is -2.51. The zero-order valence-electron chi connectivity index (χ0n) is 12.0. The largest absolute Gasteiger partial charge is 0.366 e. The van der Waals surface area contributed by atoms with Crippen LogP contribution in [0.4, 0.5) is 0 Å². The summed E-state index contributed by atoms with van der Waals surface area (Å²) >= 11 is 0. The van der Waals surface area contributed by atoms with Crippen molar-refractivity contribution in [2.75, 3.05) is 46.9 Å². The first kappa shape index (κ1) is 13.3. The van der Waals surface area contributed by atoms with Crippen molar-refractivity contribution in [1.29, 1.82) is 0 Å². The van der Waals surface area contributed by atoms with E-state index in [0.29, 0.717) is 18.7 Å². The van der Waals surface area contributed by atoms with E-state index in [2.05, 4.69) is 23.9 Å². The molecule has 0 N–H and O–H groups in total. The van der Waals surface area contributed by atoms with Gasteiger partial charge < -0.3 is 14.5 Å². The van der Waals surface area contributed by atoms with Gasteiger partial charge in [0.25, 0.3) is 5.91 Å². The number of amides is 1. The molecule has 3 atom stereocenters. The highest BCUT2D eigenvalue weighted by atomic mass is 16.5. The number of morpholine rings is 1. The molecule has 3 fully saturated rings. The lowest BCUT2D eigenvalue weighted by Gasteiger charge is -2.34. The highest BCUT2D eigenvalue weighted by Crippen LogP contribution is 2.28. The molecule has 3 saturated heterocycles. The zero-order valence-corrected chi connectivity index (χ0v) is 12.0. The molecular weight excluding hydrogens is 242 g/mol. The number of hydrogen-bond donors (Lipinski definition) is 0. The van der Waals surface area contributed by atoms with E-state index >= 15 is 0 Å². The third-order valence-corrected chi connectivity index (χ3v) is 5.01. The van der Waals surface area contributed by atoms with E-state index in [0.717, 1.165) is 32.6 Å². The van der Waals surface area contributed by atoms with Gasteiger partial charge in [-0.2, -0.15) is 0 Å². The number of rotatable bonds is 1. The SMILES string of the molecule is CN1CCO[C@@H](C(=O)N2CC[C@H]3CC[C@@H](C2)N3C)C1. The van der Waals surface area contributed by atoms with E-state index < -0.39 is 0 Å². The second-order valence-electron chi connectivity index (χ2n) is 6.25. The molecular formula is C14H25N3O2. The first-order valence-electron chi connectivity index (χ1n) is 7.46. The van der Waals surface area contributed by atoms with Crippen molar-refractivity contribution in [3.63, 3.8) is 0 Å². The van der Waals surface area contributed by atoms with Crippen molar-refractivity contribution >= 4 is 5.91 Å². The Balaban J connectivity index is 1.64. The number of carbonyl (C=O) groups excluding carboxylic acids is 1. The van der Waals surface area contributed by atoms with Crippen LogP contribution in [0.3, 0.4) is 0 Å². The molecule has 0 saturated carbocycles. The smallest absolute Gasteiger partial charge is 0.253 e. The molecule has 3 aliphatic rings. The maximum Gasteiger partial charge on any atom is 0.253 e. The molecule has 3 heterocycles. The molecule has 0 radical (unpaired) electrons. The van der Waals surface area contributed by atoms with Crippen LogP contribution >= 0.6 is 0 Å². The van der Waals surface area contributed by atoms with E-state index in [1.165, 1.54) is 12.8 Å². The number of likely N-dealkylation sites (N-methyl/N-ethyl adjacent to an activating group) is 2. The Bertz CT molecular complexity index is 350. The van der Waals surface area contributed by atoms with Crippen LogP contribution in [0, 0.1) is 0 Å². The Morgan fingerprint density at radius 1 is 1.05 bits per heavy atom. The topological polar surface area (TPSA) is 36.0 Å². The van der Waals surface area contributed by atoms with Gasteiger partial charge in [-0.3, -0.25) is 9.69 Å². The molecule has 19 heavy (non-hydrogen) atoms. The zero-order chi connectivity index (χ0) is 13.4. The van der Waals surface area contributed by atoms with Gasteiger partial charge in [-0.25, -0.2) is 0 Å². The van der Waals surface area contributed by atoms with Crippen molar-refractivity contribution in [2.24, 2.45) is 0 Å². The first-order valence-corrected chi connectivity index (χ1v) is 7.46. The summed E-state index contributed by atoms with van der Waals surface area (Å²) in [6, 6.07) is 1.23. The van der Waals surface area contributed by atoms with E-state index in [4.69, 9.17) is 4.74 Å². The Morgan fingerprint density at radius 2 is 1.84 bits per heavy atom. The van der Waals surface area contributed by atoms with E-state index in [-0.39, 0.29) is 12.0 Å². The van der Waals surface area contributed by atoms with Gasteiger partial charge in [-0.1, -0.05) is 0 Å². The van der Waals surface area contributed by atoms with Crippen molar-refractivity contribution in [1.82, 2.24) is 14.7 Å². The number of hydrogen-bond acceptors (Lipinski definition) is 4. The minimum Gasteiger partial charge on any atom is -0.366 e. The van der Waals surface area contributed by atoms with Gasteiger partial charge in [0.2, 0.25) is 0 Å². The predicted octanol–water partition coefficient (Wildman–Crippen LogP) is 0.0121. The fourth-order valence-electron chi connectivity index (χ4n) is 3.64. The highest BCUT2D eigenvalue weighted by molar-refractivity contribution is 5.81. The quantitative estimate of drug-likeness (QED) is 0.671. The molecule has 3 rings (SSSR count). The molecule has 5 nitrogen and oxygen atoms in total. The maximum atomic E-state index is 12.6. The number of likely N-dealkylation sites (tertiary alicyclic amines) is 1. The van der Waals surface area contributed by atoms with Crippen molar-refractivity contribution in [3.05, 3.63) is 0 Å². The van der Waals surface area contributed by atoms with Crippen LogP contribution in [0.1, 0.15) is 19.3 Å². The molecule has 3 aliphatic heterocycles. The third-order valence-electron chi connectivity index (χ3n) is 5.01. The van der Waals surface area contributed by atoms with Gasteiger partial charge in [0.1, 0.15) is 6.10 Å². The minimum atomic E-state index is -0.249. The third kappa shape index (κ3) is 2.64. The monoisotopic (exact) mass is 267 g/mol. The Hall–Kier alpha value is -0.650. The second-order valence-corrected chi connectivity index (χ2v) is 6.25. The fraction of sp³-hybridized carbons (Fsp3) is 0.929. The van der Waals surface area contributed by atoms with Gasteiger partial charge in [0.15, 0.2) is 0 Å². The maximum absolute atomic E-state index is 12.6. The number of carbonyl (C=O) groups is 1. The van der Waals surface area contributed by atoms with Gasteiger partial charge in [0.05, 0.1) is 6.61 Å². The molecule has 0 aromatic rings. The highest BCUT2D eigenvalue weighted by Gasteiger charge is 2.38. The Kier molecular flexibility index (Phi) is 3.78. The van der Waals surface area contributed by atoms with Gasteiger partial charge in [-0.05, 0) is 33.4 Å².